The van der Waals surface area contributed by atoms with E-state index in [0.29, 0.717) is 6.07 Å². The average Bonchev–Trinajstić information content (AvgIpc) is 2.38. The van der Waals surface area contributed by atoms with E-state index in [1.807, 2.05) is 0 Å². The summed E-state index contributed by atoms with van der Waals surface area (Å²) in [6.45, 7) is -3.10. The highest BCUT2D eigenvalue weighted by Crippen LogP contribution is 2.30. The minimum atomic E-state index is -3.10. The normalized spacial score (nSPS) is 10.4. The number of rotatable bonds is 3. The number of nitrogens with zero attached hydrogens (tertiary/aromatic N) is 1. The van der Waals surface area contributed by atoms with E-state index in [1.165, 1.54) is 18.2 Å². The third-order valence-corrected chi connectivity index (χ3v) is 2.56. The molecule has 0 aromatic heterocycles. The van der Waals surface area contributed by atoms with Crippen LogP contribution in [0.2, 0.25) is 0 Å². The molecule has 0 aliphatic carbocycles. The smallest absolute Gasteiger partial charge is 0.387 e. The van der Waals surface area contributed by atoms with Gasteiger partial charge < -0.3 is 4.74 Å². The van der Waals surface area contributed by atoms with Gasteiger partial charge in [-0.05, 0) is 29.8 Å². The number of halogens is 4. The lowest BCUT2D eigenvalue weighted by Gasteiger charge is -2.09. The van der Waals surface area contributed by atoms with Gasteiger partial charge in [0.1, 0.15) is 23.5 Å². The molecule has 0 aliphatic heterocycles. The van der Waals surface area contributed by atoms with Crippen LogP contribution in [0.1, 0.15) is 5.56 Å². The Morgan fingerprint density at radius 3 is 2.40 bits per heavy atom. The van der Waals surface area contributed by atoms with Gasteiger partial charge >= 0.3 is 6.61 Å². The summed E-state index contributed by atoms with van der Waals surface area (Å²) >= 11 is 0. The van der Waals surface area contributed by atoms with Crippen molar-refractivity contribution in [1.82, 2.24) is 0 Å². The molecule has 0 N–H and O–H groups in total. The van der Waals surface area contributed by atoms with Crippen LogP contribution in [0.15, 0.2) is 36.4 Å². The number of hydrogen-bond donors (Lipinski definition) is 0. The van der Waals surface area contributed by atoms with Gasteiger partial charge in [-0.2, -0.15) is 14.0 Å². The number of nitriles is 1. The predicted octanol–water partition coefficient (Wildman–Crippen LogP) is 4.10. The summed E-state index contributed by atoms with van der Waals surface area (Å²) in [4.78, 5) is 0. The van der Waals surface area contributed by atoms with Crippen molar-refractivity contribution in [2.24, 2.45) is 0 Å². The minimum absolute atomic E-state index is 0.0232. The van der Waals surface area contributed by atoms with Gasteiger partial charge in [0, 0.05) is 11.6 Å². The highest BCUT2D eigenvalue weighted by molar-refractivity contribution is 5.67. The van der Waals surface area contributed by atoms with Crippen LogP contribution in [0.5, 0.6) is 5.75 Å². The molecule has 6 heteroatoms. The van der Waals surface area contributed by atoms with Gasteiger partial charge in [-0.15, -0.1) is 0 Å². The van der Waals surface area contributed by atoms with Gasteiger partial charge in [0.25, 0.3) is 0 Å². The Morgan fingerprint density at radius 1 is 1.05 bits per heavy atom. The second-order valence-corrected chi connectivity index (χ2v) is 3.83. The van der Waals surface area contributed by atoms with E-state index in [4.69, 9.17) is 5.26 Å². The maximum absolute atomic E-state index is 13.6. The zero-order valence-electron chi connectivity index (χ0n) is 9.91. The summed E-state index contributed by atoms with van der Waals surface area (Å²) in [6.07, 6.45) is 0. The summed E-state index contributed by atoms with van der Waals surface area (Å²) in [6, 6.07) is 8.31. The van der Waals surface area contributed by atoms with E-state index >= 15 is 0 Å². The maximum atomic E-state index is 13.6. The Labute approximate surface area is 111 Å². The quantitative estimate of drug-likeness (QED) is 0.793. The highest BCUT2D eigenvalue weighted by Gasteiger charge is 2.13. The highest BCUT2D eigenvalue weighted by atomic mass is 19.3. The summed E-state index contributed by atoms with van der Waals surface area (Å²) in [5.41, 5.74) is 0.128. The average molecular weight is 281 g/mol. The molecule has 0 atom stereocenters. The molecule has 2 aromatic rings. The van der Waals surface area contributed by atoms with Crippen molar-refractivity contribution in [3.05, 3.63) is 53.6 Å². The topological polar surface area (TPSA) is 33.0 Å². The lowest BCUT2D eigenvalue weighted by molar-refractivity contribution is -0.0500. The third kappa shape index (κ3) is 2.88. The van der Waals surface area contributed by atoms with Crippen LogP contribution >= 0.6 is 0 Å². The Balaban J connectivity index is 2.50. The SMILES string of the molecule is N#Cc1ccc(-c2ccc(F)cc2F)cc1OC(F)F. The van der Waals surface area contributed by atoms with E-state index in [-0.39, 0.29) is 22.4 Å². The molecule has 2 rings (SSSR count). The molecule has 0 saturated carbocycles. The largest absolute Gasteiger partial charge is 0.433 e. The van der Waals surface area contributed by atoms with Crippen molar-refractivity contribution in [1.29, 1.82) is 5.26 Å². The molecule has 0 unspecified atom stereocenters. The fraction of sp³-hybridized carbons (Fsp3) is 0.0714. The van der Waals surface area contributed by atoms with Crippen LogP contribution < -0.4 is 4.74 Å². The van der Waals surface area contributed by atoms with Crippen molar-refractivity contribution in [2.45, 2.75) is 6.61 Å². The fourth-order valence-corrected chi connectivity index (χ4v) is 1.70. The second-order valence-electron chi connectivity index (χ2n) is 3.83. The Hall–Kier alpha value is -2.55. The lowest BCUT2D eigenvalue weighted by atomic mass is 10.0. The van der Waals surface area contributed by atoms with E-state index in [9.17, 15) is 17.6 Å². The number of ether oxygens (including phenoxy) is 1. The van der Waals surface area contributed by atoms with Crippen LogP contribution in [0.4, 0.5) is 17.6 Å². The van der Waals surface area contributed by atoms with Crippen LogP contribution in [-0.4, -0.2) is 6.61 Å². The Bertz CT molecular complexity index is 679. The summed E-state index contributed by atoms with van der Waals surface area (Å²) in [5, 5.41) is 8.79. The zero-order valence-corrected chi connectivity index (χ0v) is 9.91. The van der Waals surface area contributed by atoms with E-state index in [0.717, 1.165) is 12.1 Å². The molecule has 0 heterocycles. The number of benzene rings is 2. The summed E-state index contributed by atoms with van der Waals surface area (Å²) < 4.78 is 55.2. The molecule has 0 amide bonds. The van der Waals surface area contributed by atoms with E-state index in [2.05, 4.69) is 4.74 Å². The predicted molar refractivity (Wildman–Crippen MR) is 63.1 cm³/mol. The van der Waals surface area contributed by atoms with E-state index in [1.54, 1.807) is 6.07 Å². The molecule has 0 aliphatic rings. The van der Waals surface area contributed by atoms with Gasteiger partial charge in [0.2, 0.25) is 0 Å². The first-order chi connectivity index (χ1) is 9.51. The lowest BCUT2D eigenvalue weighted by Crippen LogP contribution is -2.03. The van der Waals surface area contributed by atoms with Gasteiger partial charge in [-0.25, -0.2) is 8.78 Å². The Morgan fingerprint density at radius 2 is 1.80 bits per heavy atom. The molecule has 102 valence electrons. The molecular weight excluding hydrogens is 274 g/mol. The first-order valence-corrected chi connectivity index (χ1v) is 5.45. The monoisotopic (exact) mass is 281 g/mol. The zero-order chi connectivity index (χ0) is 14.7. The van der Waals surface area contributed by atoms with Crippen molar-refractivity contribution in [3.63, 3.8) is 0 Å². The second kappa shape index (κ2) is 5.61. The number of alkyl halides is 2. The molecule has 0 saturated heterocycles. The molecule has 0 radical (unpaired) electrons. The molecule has 2 aromatic carbocycles. The van der Waals surface area contributed by atoms with Crippen molar-refractivity contribution in [2.75, 3.05) is 0 Å². The molecule has 0 spiro atoms. The van der Waals surface area contributed by atoms with Crippen LogP contribution in [-0.2, 0) is 0 Å². The summed E-state index contributed by atoms with van der Waals surface area (Å²) in [7, 11) is 0. The minimum Gasteiger partial charge on any atom is -0.433 e. The van der Waals surface area contributed by atoms with Crippen molar-refractivity contribution in [3.8, 4) is 22.9 Å². The van der Waals surface area contributed by atoms with Crippen LogP contribution in [0, 0.1) is 23.0 Å². The van der Waals surface area contributed by atoms with Crippen molar-refractivity contribution < 1.29 is 22.3 Å². The first-order valence-electron chi connectivity index (χ1n) is 5.45. The van der Waals surface area contributed by atoms with Crippen molar-refractivity contribution >= 4 is 0 Å². The fourth-order valence-electron chi connectivity index (χ4n) is 1.70. The number of hydrogen-bond acceptors (Lipinski definition) is 2. The van der Waals surface area contributed by atoms with Crippen LogP contribution in [0.25, 0.3) is 11.1 Å². The van der Waals surface area contributed by atoms with Gasteiger partial charge in [-0.1, -0.05) is 6.07 Å². The molecule has 0 bridgehead atoms. The maximum Gasteiger partial charge on any atom is 0.387 e. The molecule has 2 nitrogen and oxygen atoms in total. The van der Waals surface area contributed by atoms with Crippen LogP contribution in [0.3, 0.4) is 0 Å². The molecule has 0 fully saturated rings. The van der Waals surface area contributed by atoms with Gasteiger partial charge in [0.15, 0.2) is 0 Å². The van der Waals surface area contributed by atoms with Gasteiger partial charge in [-0.3, -0.25) is 0 Å². The Kier molecular flexibility index (Phi) is 3.89. The standard InChI is InChI=1S/C14H7F4NO/c15-10-3-4-11(12(16)6-10)8-1-2-9(7-19)13(5-8)20-14(17)18/h1-6,14H. The summed E-state index contributed by atoms with van der Waals surface area (Å²) in [5.74, 6) is -1.94. The first kappa shape index (κ1) is 13.9. The molecule has 20 heavy (non-hydrogen) atoms. The third-order valence-electron chi connectivity index (χ3n) is 2.56. The van der Waals surface area contributed by atoms with E-state index < -0.39 is 18.2 Å². The molecular formula is C14H7F4NO. The van der Waals surface area contributed by atoms with Gasteiger partial charge in [0.05, 0.1) is 5.56 Å².